The molecule has 0 aromatic rings. The standard InChI is InChI=1S/C12H20N2O4S/c1-2-6-19-7-3-13-12(17)14-4-5-18-9-10(14)8-11(15)16/h2,10H,1,3-9H2,(H,13,17)(H,15,16). The highest BCUT2D eigenvalue weighted by Gasteiger charge is 2.28. The number of morpholine rings is 1. The monoisotopic (exact) mass is 288 g/mol. The van der Waals surface area contributed by atoms with Crippen LogP contribution in [0.5, 0.6) is 0 Å². The van der Waals surface area contributed by atoms with Crippen LogP contribution in [0, 0.1) is 0 Å². The first-order valence-electron chi connectivity index (χ1n) is 6.17. The van der Waals surface area contributed by atoms with E-state index in [2.05, 4.69) is 11.9 Å². The van der Waals surface area contributed by atoms with Gasteiger partial charge in [-0.15, -0.1) is 6.58 Å². The van der Waals surface area contributed by atoms with Crippen molar-refractivity contribution in [2.45, 2.75) is 12.5 Å². The largest absolute Gasteiger partial charge is 0.481 e. The van der Waals surface area contributed by atoms with Crippen molar-refractivity contribution in [1.29, 1.82) is 0 Å². The third-order valence-electron chi connectivity index (χ3n) is 2.66. The highest BCUT2D eigenvalue weighted by atomic mass is 32.2. The Morgan fingerprint density at radius 3 is 3.05 bits per heavy atom. The Labute approximate surface area is 117 Å². The molecule has 7 heteroatoms. The molecule has 6 nitrogen and oxygen atoms in total. The zero-order chi connectivity index (χ0) is 14.1. The number of carboxylic acids is 1. The topological polar surface area (TPSA) is 78.9 Å². The highest BCUT2D eigenvalue weighted by molar-refractivity contribution is 7.99. The van der Waals surface area contributed by atoms with Crippen LogP contribution in [0.15, 0.2) is 12.7 Å². The molecule has 1 heterocycles. The summed E-state index contributed by atoms with van der Waals surface area (Å²) in [6.07, 6.45) is 1.73. The van der Waals surface area contributed by atoms with Gasteiger partial charge in [-0.2, -0.15) is 11.8 Å². The summed E-state index contributed by atoms with van der Waals surface area (Å²) >= 11 is 1.68. The van der Waals surface area contributed by atoms with Crippen molar-refractivity contribution < 1.29 is 19.4 Å². The summed E-state index contributed by atoms with van der Waals surface area (Å²) in [7, 11) is 0. The van der Waals surface area contributed by atoms with Gasteiger partial charge < -0.3 is 20.1 Å². The first kappa shape index (κ1) is 15.8. The predicted molar refractivity (Wildman–Crippen MR) is 74.5 cm³/mol. The molecule has 108 valence electrons. The smallest absolute Gasteiger partial charge is 0.317 e. The molecular weight excluding hydrogens is 268 g/mol. The third-order valence-corrected chi connectivity index (χ3v) is 3.62. The van der Waals surface area contributed by atoms with Crippen molar-refractivity contribution in [2.75, 3.05) is 37.8 Å². The van der Waals surface area contributed by atoms with Crippen LogP contribution in [0.2, 0.25) is 0 Å². The van der Waals surface area contributed by atoms with Crippen molar-refractivity contribution in [1.82, 2.24) is 10.2 Å². The number of urea groups is 1. The summed E-state index contributed by atoms with van der Waals surface area (Å²) in [5.74, 6) is 0.746. The molecule has 0 saturated carbocycles. The molecule has 1 atom stereocenters. The summed E-state index contributed by atoms with van der Waals surface area (Å²) < 4.78 is 5.22. The summed E-state index contributed by atoms with van der Waals surface area (Å²) in [4.78, 5) is 24.3. The van der Waals surface area contributed by atoms with E-state index in [0.29, 0.717) is 19.7 Å². The molecule has 1 saturated heterocycles. The van der Waals surface area contributed by atoms with E-state index in [1.807, 2.05) is 6.08 Å². The molecule has 1 aliphatic heterocycles. The molecule has 0 spiro atoms. The minimum Gasteiger partial charge on any atom is -0.481 e. The quantitative estimate of drug-likeness (QED) is 0.535. The van der Waals surface area contributed by atoms with Crippen molar-refractivity contribution in [2.24, 2.45) is 0 Å². The van der Waals surface area contributed by atoms with Gasteiger partial charge in [-0.25, -0.2) is 4.79 Å². The maximum absolute atomic E-state index is 12.0. The van der Waals surface area contributed by atoms with Crippen molar-refractivity contribution in [3.8, 4) is 0 Å². The molecule has 0 bridgehead atoms. The SMILES string of the molecule is C=CCSCCNC(=O)N1CCOCC1CC(=O)O. The molecule has 0 aliphatic carbocycles. The Morgan fingerprint density at radius 2 is 2.37 bits per heavy atom. The van der Waals surface area contributed by atoms with E-state index >= 15 is 0 Å². The number of nitrogens with zero attached hydrogens (tertiary/aromatic N) is 1. The van der Waals surface area contributed by atoms with E-state index < -0.39 is 5.97 Å². The minimum atomic E-state index is -0.921. The molecule has 2 amide bonds. The summed E-state index contributed by atoms with van der Waals surface area (Å²) in [5.41, 5.74) is 0. The van der Waals surface area contributed by atoms with Gasteiger partial charge in [0.15, 0.2) is 0 Å². The highest BCUT2D eigenvalue weighted by Crippen LogP contribution is 2.11. The lowest BCUT2D eigenvalue weighted by atomic mass is 10.1. The van der Waals surface area contributed by atoms with Crippen LogP contribution < -0.4 is 5.32 Å². The maximum atomic E-state index is 12.0. The molecule has 0 radical (unpaired) electrons. The molecule has 19 heavy (non-hydrogen) atoms. The van der Waals surface area contributed by atoms with Gasteiger partial charge in [-0.3, -0.25) is 4.79 Å². The number of rotatable bonds is 7. The number of carbonyl (C=O) groups excluding carboxylic acids is 1. The lowest BCUT2D eigenvalue weighted by Gasteiger charge is -2.34. The fraction of sp³-hybridized carbons (Fsp3) is 0.667. The van der Waals surface area contributed by atoms with Gasteiger partial charge >= 0.3 is 12.0 Å². The van der Waals surface area contributed by atoms with Gasteiger partial charge in [-0.1, -0.05) is 6.08 Å². The molecule has 1 aliphatic rings. The van der Waals surface area contributed by atoms with Crippen LogP contribution in [0.25, 0.3) is 0 Å². The van der Waals surface area contributed by atoms with E-state index in [0.717, 1.165) is 11.5 Å². The summed E-state index contributed by atoms with van der Waals surface area (Å²) in [5, 5.41) is 11.6. The lowest BCUT2D eigenvalue weighted by molar-refractivity contribution is -0.139. The van der Waals surface area contributed by atoms with Crippen LogP contribution in [-0.2, 0) is 9.53 Å². The van der Waals surface area contributed by atoms with E-state index in [1.54, 1.807) is 16.7 Å². The normalized spacial score (nSPS) is 18.9. The van der Waals surface area contributed by atoms with Crippen molar-refractivity contribution in [3.63, 3.8) is 0 Å². The molecule has 1 fully saturated rings. The fourth-order valence-corrected chi connectivity index (χ4v) is 2.37. The number of carbonyl (C=O) groups is 2. The van der Waals surface area contributed by atoms with Crippen LogP contribution in [-0.4, -0.2) is 65.9 Å². The number of carboxylic acid groups (broad SMARTS) is 1. The van der Waals surface area contributed by atoms with Gasteiger partial charge in [-0.05, 0) is 0 Å². The minimum absolute atomic E-state index is 0.0847. The Kier molecular flexibility index (Phi) is 7.35. The molecule has 1 rings (SSSR count). The molecule has 0 aromatic heterocycles. The lowest BCUT2D eigenvalue weighted by Crippen LogP contribution is -2.53. The second kappa shape index (κ2) is 8.82. The second-order valence-electron chi connectivity index (χ2n) is 4.12. The van der Waals surface area contributed by atoms with Gasteiger partial charge in [0.2, 0.25) is 0 Å². The van der Waals surface area contributed by atoms with Crippen molar-refractivity contribution >= 4 is 23.8 Å². The van der Waals surface area contributed by atoms with E-state index in [9.17, 15) is 9.59 Å². The average Bonchev–Trinajstić information content (AvgIpc) is 2.38. The van der Waals surface area contributed by atoms with Crippen LogP contribution in [0.1, 0.15) is 6.42 Å². The summed E-state index contributed by atoms with van der Waals surface area (Å²) in [6, 6.07) is -0.596. The number of thioether (sulfide) groups is 1. The molecule has 0 aromatic carbocycles. The number of hydrogen-bond acceptors (Lipinski definition) is 4. The number of nitrogens with one attached hydrogen (secondary N) is 1. The first-order chi connectivity index (χ1) is 9.15. The Bertz CT molecular complexity index is 325. The predicted octanol–water partition coefficient (Wildman–Crippen LogP) is 0.791. The fourth-order valence-electron chi connectivity index (χ4n) is 1.79. The van der Waals surface area contributed by atoms with Crippen LogP contribution in [0.4, 0.5) is 4.79 Å². The van der Waals surface area contributed by atoms with Gasteiger partial charge in [0.25, 0.3) is 0 Å². The zero-order valence-corrected chi connectivity index (χ0v) is 11.7. The molecule has 2 N–H and O–H groups in total. The number of amides is 2. The first-order valence-corrected chi connectivity index (χ1v) is 7.33. The van der Waals surface area contributed by atoms with Crippen LogP contribution in [0.3, 0.4) is 0 Å². The van der Waals surface area contributed by atoms with E-state index in [-0.39, 0.29) is 25.1 Å². The van der Waals surface area contributed by atoms with Gasteiger partial charge in [0.05, 0.1) is 25.7 Å². The number of aliphatic carboxylic acids is 1. The number of hydrogen-bond donors (Lipinski definition) is 2. The molecular formula is C12H20N2O4S. The maximum Gasteiger partial charge on any atom is 0.317 e. The zero-order valence-electron chi connectivity index (χ0n) is 10.8. The van der Waals surface area contributed by atoms with E-state index in [4.69, 9.17) is 9.84 Å². The van der Waals surface area contributed by atoms with Gasteiger partial charge in [0, 0.05) is 24.6 Å². The Morgan fingerprint density at radius 1 is 1.58 bits per heavy atom. The second-order valence-corrected chi connectivity index (χ2v) is 5.27. The third kappa shape index (κ3) is 5.98. The van der Waals surface area contributed by atoms with E-state index in [1.165, 1.54) is 0 Å². The van der Waals surface area contributed by atoms with Crippen molar-refractivity contribution in [3.05, 3.63) is 12.7 Å². The summed E-state index contributed by atoms with van der Waals surface area (Å²) in [6.45, 7) is 5.35. The number of ether oxygens (including phenoxy) is 1. The van der Waals surface area contributed by atoms with Gasteiger partial charge in [0.1, 0.15) is 0 Å². The Hall–Kier alpha value is -1.21. The Balaban J connectivity index is 2.34. The molecule has 1 unspecified atom stereocenters. The van der Waals surface area contributed by atoms with Crippen LogP contribution >= 0.6 is 11.8 Å². The average molecular weight is 288 g/mol.